The molecule has 0 radical (unpaired) electrons. The second-order valence-electron chi connectivity index (χ2n) is 9.61. The molecule has 0 unspecified atom stereocenters. The van der Waals surface area contributed by atoms with Gasteiger partial charge in [-0.05, 0) is 68.9 Å². The van der Waals surface area contributed by atoms with Gasteiger partial charge in [-0.1, -0.05) is 36.2 Å². The Kier molecular flexibility index (Phi) is 7.12. The van der Waals surface area contributed by atoms with Crippen LogP contribution in [-0.2, 0) is 11.2 Å². The largest absolute Gasteiger partial charge is 0.490 e. The van der Waals surface area contributed by atoms with Crippen molar-refractivity contribution in [3.63, 3.8) is 0 Å². The molecule has 1 heterocycles. The van der Waals surface area contributed by atoms with Crippen LogP contribution in [-0.4, -0.2) is 35.5 Å². The van der Waals surface area contributed by atoms with Gasteiger partial charge in [-0.3, -0.25) is 0 Å². The van der Waals surface area contributed by atoms with E-state index in [4.69, 9.17) is 14.0 Å². The minimum atomic E-state index is -0.0127. The Hall–Kier alpha value is -3.21. The third-order valence-electron chi connectivity index (χ3n) is 6.80. The number of nitrogens with zero attached hydrogens (tertiary/aromatic N) is 3. The minimum Gasteiger partial charge on any atom is -0.490 e. The standard InChI is InChI=1S/C28H32N4O3/c1-18(2)34-26-13-10-19(16-20(26)17-29)28-31-27(32-35-28)24-9-5-8-23-22(24)11-12-25(23)30-14-15-33-21-6-3-4-7-21/h5,8-10,13,16,18,21,25,30H,3-4,6-7,11-12,14-15H2,1-2H3/t25-/m0/s1. The lowest BCUT2D eigenvalue weighted by Gasteiger charge is -2.16. The van der Waals surface area contributed by atoms with Gasteiger partial charge in [-0.15, -0.1) is 0 Å². The Morgan fingerprint density at radius 3 is 2.83 bits per heavy atom. The van der Waals surface area contributed by atoms with Crippen LogP contribution in [0.5, 0.6) is 5.75 Å². The number of hydrogen-bond acceptors (Lipinski definition) is 7. The summed E-state index contributed by atoms with van der Waals surface area (Å²) in [4.78, 5) is 4.67. The fourth-order valence-corrected chi connectivity index (χ4v) is 5.15. The molecule has 1 atom stereocenters. The molecule has 0 saturated heterocycles. The Bertz CT molecular complexity index is 1210. The lowest BCUT2D eigenvalue weighted by Crippen LogP contribution is -2.25. The summed E-state index contributed by atoms with van der Waals surface area (Å²) in [5.74, 6) is 1.52. The van der Waals surface area contributed by atoms with Crippen molar-refractivity contribution in [3.05, 3.63) is 53.1 Å². The van der Waals surface area contributed by atoms with Crippen LogP contribution in [0.4, 0.5) is 0 Å². The molecule has 0 amide bonds. The molecule has 2 aliphatic carbocycles. The van der Waals surface area contributed by atoms with Gasteiger partial charge in [0.05, 0.1) is 24.4 Å². The highest BCUT2D eigenvalue weighted by atomic mass is 16.5. The molecule has 7 nitrogen and oxygen atoms in total. The molecule has 0 spiro atoms. The summed E-state index contributed by atoms with van der Waals surface area (Å²) in [6, 6.07) is 14.2. The predicted octanol–water partition coefficient (Wildman–Crippen LogP) is 5.60. The normalized spacial score (nSPS) is 17.6. The summed E-state index contributed by atoms with van der Waals surface area (Å²) < 4.78 is 17.3. The van der Waals surface area contributed by atoms with Crippen LogP contribution in [0.1, 0.15) is 68.7 Å². The van der Waals surface area contributed by atoms with Crippen LogP contribution in [0.2, 0.25) is 0 Å². The molecule has 2 aliphatic rings. The third kappa shape index (κ3) is 5.24. The van der Waals surface area contributed by atoms with E-state index in [1.807, 2.05) is 19.9 Å². The molecule has 1 saturated carbocycles. The minimum absolute atomic E-state index is 0.0127. The maximum Gasteiger partial charge on any atom is 0.258 e. The van der Waals surface area contributed by atoms with Crippen molar-refractivity contribution in [2.24, 2.45) is 0 Å². The second-order valence-corrected chi connectivity index (χ2v) is 9.61. The van der Waals surface area contributed by atoms with Gasteiger partial charge in [0.2, 0.25) is 5.82 Å². The van der Waals surface area contributed by atoms with Crippen LogP contribution in [0.25, 0.3) is 22.8 Å². The molecular formula is C28H32N4O3. The quantitative estimate of drug-likeness (QED) is 0.405. The van der Waals surface area contributed by atoms with E-state index in [9.17, 15) is 5.26 Å². The molecule has 2 aromatic carbocycles. The second kappa shape index (κ2) is 10.6. The lowest BCUT2D eigenvalue weighted by atomic mass is 10.0. The highest BCUT2D eigenvalue weighted by molar-refractivity contribution is 5.67. The van der Waals surface area contributed by atoms with Gasteiger partial charge in [0.15, 0.2) is 0 Å². The maximum absolute atomic E-state index is 9.54. The van der Waals surface area contributed by atoms with Crippen molar-refractivity contribution < 1.29 is 14.0 Å². The fourth-order valence-electron chi connectivity index (χ4n) is 5.15. The number of nitrogens with one attached hydrogen (secondary N) is 1. The van der Waals surface area contributed by atoms with Crippen molar-refractivity contribution in [3.8, 4) is 34.7 Å². The summed E-state index contributed by atoms with van der Waals surface area (Å²) in [7, 11) is 0. The Morgan fingerprint density at radius 2 is 2.03 bits per heavy atom. The first-order valence-electron chi connectivity index (χ1n) is 12.6. The van der Waals surface area contributed by atoms with Crippen LogP contribution in [0, 0.1) is 11.3 Å². The van der Waals surface area contributed by atoms with Crippen molar-refractivity contribution in [1.82, 2.24) is 15.5 Å². The van der Waals surface area contributed by atoms with Crippen molar-refractivity contribution in [2.75, 3.05) is 13.2 Å². The summed E-state index contributed by atoms with van der Waals surface area (Å²) in [6.45, 7) is 5.48. The first-order valence-corrected chi connectivity index (χ1v) is 12.6. The third-order valence-corrected chi connectivity index (χ3v) is 6.80. The van der Waals surface area contributed by atoms with Gasteiger partial charge in [-0.25, -0.2) is 0 Å². The zero-order chi connectivity index (χ0) is 24.2. The summed E-state index contributed by atoms with van der Waals surface area (Å²) in [5.41, 5.74) is 4.72. The van der Waals surface area contributed by atoms with Gasteiger partial charge >= 0.3 is 0 Å². The van der Waals surface area contributed by atoms with Crippen LogP contribution < -0.4 is 10.1 Å². The zero-order valence-corrected chi connectivity index (χ0v) is 20.4. The van der Waals surface area contributed by atoms with Gasteiger partial charge in [-0.2, -0.15) is 10.2 Å². The van der Waals surface area contributed by atoms with Crippen molar-refractivity contribution in [1.29, 1.82) is 5.26 Å². The van der Waals surface area contributed by atoms with Gasteiger partial charge in [0.25, 0.3) is 5.89 Å². The van der Waals surface area contributed by atoms with E-state index in [-0.39, 0.29) is 6.10 Å². The van der Waals surface area contributed by atoms with Crippen LogP contribution in [0.15, 0.2) is 40.9 Å². The Balaban J connectivity index is 1.29. The molecule has 3 aromatic rings. The number of fused-ring (bicyclic) bond motifs is 1. The number of aromatic nitrogens is 2. The summed E-state index contributed by atoms with van der Waals surface area (Å²) >= 11 is 0. The average Bonchev–Trinajstić information content (AvgIpc) is 3.63. The van der Waals surface area contributed by atoms with Crippen molar-refractivity contribution >= 4 is 0 Å². The molecule has 1 aromatic heterocycles. The van der Waals surface area contributed by atoms with E-state index in [0.29, 0.717) is 40.7 Å². The van der Waals surface area contributed by atoms with Gasteiger partial charge < -0.3 is 19.3 Å². The topological polar surface area (TPSA) is 93.2 Å². The van der Waals surface area contributed by atoms with Crippen LogP contribution >= 0.6 is 0 Å². The zero-order valence-electron chi connectivity index (χ0n) is 20.4. The van der Waals surface area contributed by atoms with E-state index >= 15 is 0 Å². The molecule has 182 valence electrons. The molecule has 5 rings (SSSR count). The lowest BCUT2D eigenvalue weighted by molar-refractivity contribution is 0.0591. The molecule has 1 N–H and O–H groups in total. The molecule has 1 fully saturated rings. The number of rotatable bonds is 9. The molecule has 0 aliphatic heterocycles. The Labute approximate surface area is 206 Å². The molecule has 7 heteroatoms. The number of nitriles is 1. The van der Waals surface area contributed by atoms with Gasteiger partial charge in [0.1, 0.15) is 11.8 Å². The van der Waals surface area contributed by atoms with Gasteiger partial charge in [0, 0.05) is 23.7 Å². The molecule has 35 heavy (non-hydrogen) atoms. The maximum atomic E-state index is 9.54. The summed E-state index contributed by atoms with van der Waals surface area (Å²) in [5, 5.41) is 17.5. The highest BCUT2D eigenvalue weighted by Crippen LogP contribution is 2.37. The van der Waals surface area contributed by atoms with Crippen LogP contribution in [0.3, 0.4) is 0 Å². The number of benzene rings is 2. The van der Waals surface area contributed by atoms with E-state index in [0.717, 1.165) is 31.6 Å². The van der Waals surface area contributed by atoms with E-state index in [1.165, 1.54) is 36.8 Å². The van der Waals surface area contributed by atoms with E-state index < -0.39 is 0 Å². The average molecular weight is 473 g/mol. The first-order chi connectivity index (χ1) is 17.1. The highest BCUT2D eigenvalue weighted by Gasteiger charge is 2.26. The first kappa shape index (κ1) is 23.5. The SMILES string of the molecule is CC(C)Oc1ccc(-c2nc(-c3cccc4c3CC[C@@H]4NCCOC3CCCC3)no2)cc1C#N. The Morgan fingerprint density at radius 1 is 1.17 bits per heavy atom. The smallest absolute Gasteiger partial charge is 0.258 e. The molecular weight excluding hydrogens is 440 g/mol. The molecule has 0 bridgehead atoms. The van der Waals surface area contributed by atoms with E-state index in [2.05, 4.69) is 39.7 Å². The summed E-state index contributed by atoms with van der Waals surface area (Å²) in [6.07, 6.45) is 7.46. The number of ether oxygens (including phenoxy) is 2. The number of hydrogen-bond donors (Lipinski definition) is 1. The monoisotopic (exact) mass is 472 g/mol. The van der Waals surface area contributed by atoms with E-state index in [1.54, 1.807) is 12.1 Å². The fraction of sp³-hybridized carbons (Fsp3) is 0.464. The van der Waals surface area contributed by atoms with Crippen molar-refractivity contribution in [2.45, 2.75) is 70.6 Å². The predicted molar refractivity (Wildman–Crippen MR) is 133 cm³/mol.